The molecule has 0 aromatic heterocycles. The number of hydrazine groups is 1. The maximum absolute atomic E-state index is 5.94. The van der Waals surface area contributed by atoms with Gasteiger partial charge in [0.15, 0.2) is 0 Å². The molecule has 3 nitrogen and oxygen atoms in total. The van der Waals surface area contributed by atoms with Crippen molar-refractivity contribution in [2.45, 2.75) is 38.1 Å². The second-order valence-electron chi connectivity index (χ2n) is 8.28. The van der Waals surface area contributed by atoms with E-state index in [9.17, 15) is 0 Å². The van der Waals surface area contributed by atoms with Crippen LogP contribution in [0, 0.1) is 6.92 Å². The van der Waals surface area contributed by atoms with E-state index >= 15 is 0 Å². The number of rotatable bonds is 5. The van der Waals surface area contributed by atoms with Crippen molar-refractivity contribution in [1.29, 1.82) is 0 Å². The minimum absolute atomic E-state index is 0.0624. The van der Waals surface area contributed by atoms with Gasteiger partial charge in [-0.3, -0.25) is 5.84 Å². The predicted octanol–water partition coefficient (Wildman–Crippen LogP) is 8.73. The first kappa shape index (κ1) is 30.7. The fraction of sp³-hybridized carbons (Fsp3) is 0.176. The Morgan fingerprint density at radius 1 is 0.737 bits per heavy atom. The van der Waals surface area contributed by atoms with Crippen LogP contribution in [-0.4, -0.2) is 6.26 Å². The summed E-state index contributed by atoms with van der Waals surface area (Å²) < 4.78 is 0. The smallest absolute Gasteiger partial charge is 0.0710 e. The van der Waals surface area contributed by atoms with Gasteiger partial charge in [0.1, 0.15) is 0 Å². The number of thioether (sulfide) groups is 1. The van der Waals surface area contributed by atoms with Crippen LogP contribution in [0.4, 0.5) is 5.69 Å². The van der Waals surface area contributed by atoms with Crippen LogP contribution in [0.15, 0.2) is 132 Å². The zero-order chi connectivity index (χ0) is 27.6. The lowest BCUT2D eigenvalue weighted by atomic mass is 10.00. The van der Waals surface area contributed by atoms with Crippen molar-refractivity contribution in [3.8, 4) is 11.1 Å². The highest BCUT2D eigenvalue weighted by Gasteiger charge is 2.10. The van der Waals surface area contributed by atoms with Crippen LogP contribution in [0.5, 0.6) is 0 Å². The summed E-state index contributed by atoms with van der Waals surface area (Å²) in [5.41, 5.74) is 15.5. The van der Waals surface area contributed by atoms with Crippen molar-refractivity contribution >= 4 is 17.4 Å². The Labute approximate surface area is 233 Å². The summed E-state index contributed by atoms with van der Waals surface area (Å²) in [5.74, 6) is 5.59. The van der Waals surface area contributed by atoms with Gasteiger partial charge in [-0.05, 0) is 59.6 Å². The first-order valence-electron chi connectivity index (χ1n) is 13.0. The van der Waals surface area contributed by atoms with E-state index < -0.39 is 0 Å². The molecule has 0 bridgehead atoms. The molecule has 5 N–H and O–H groups in total. The molecule has 198 valence electrons. The van der Waals surface area contributed by atoms with Crippen molar-refractivity contribution < 1.29 is 0 Å². The quantitative estimate of drug-likeness (QED) is 0.106. The lowest BCUT2D eigenvalue weighted by Crippen LogP contribution is -2.28. The molecule has 0 atom stereocenters. The minimum atomic E-state index is 0.0624. The van der Waals surface area contributed by atoms with Gasteiger partial charge in [-0.15, -0.1) is 11.8 Å². The third-order valence-electron chi connectivity index (χ3n) is 5.79. The van der Waals surface area contributed by atoms with E-state index in [-0.39, 0.29) is 6.04 Å². The molecule has 0 fully saturated rings. The molecule has 38 heavy (non-hydrogen) atoms. The highest BCUT2D eigenvalue weighted by Crippen LogP contribution is 2.31. The molecule has 4 aromatic carbocycles. The first-order valence-corrected chi connectivity index (χ1v) is 14.2. The van der Waals surface area contributed by atoms with Crippen LogP contribution < -0.4 is 17.0 Å². The maximum Gasteiger partial charge on any atom is 0.0710 e. The molecule has 4 heteroatoms. The Bertz CT molecular complexity index is 1200. The van der Waals surface area contributed by atoms with Gasteiger partial charge in [-0.1, -0.05) is 129 Å². The van der Waals surface area contributed by atoms with E-state index in [0.717, 1.165) is 17.7 Å². The Morgan fingerprint density at radius 2 is 1.26 bits per heavy atom. The zero-order valence-corrected chi connectivity index (χ0v) is 23.8. The van der Waals surface area contributed by atoms with Gasteiger partial charge in [0, 0.05) is 10.6 Å². The Kier molecular flexibility index (Phi) is 14.4. The SMILES string of the molecule is C1=CCC=C1.CC.CSc1ccccc1-c1ccc(C)c(N)c1.NNC(c1ccccc1)c1ccccc1. The molecule has 0 unspecified atom stereocenters. The van der Waals surface area contributed by atoms with Crippen LogP contribution in [-0.2, 0) is 0 Å². The number of hydrogen-bond donors (Lipinski definition) is 3. The van der Waals surface area contributed by atoms with E-state index in [4.69, 9.17) is 11.6 Å². The maximum atomic E-state index is 5.94. The van der Waals surface area contributed by atoms with Gasteiger partial charge in [0.05, 0.1) is 6.04 Å². The van der Waals surface area contributed by atoms with Crippen molar-refractivity contribution in [3.05, 3.63) is 144 Å². The highest BCUT2D eigenvalue weighted by atomic mass is 32.2. The van der Waals surface area contributed by atoms with Gasteiger partial charge in [-0.2, -0.15) is 0 Å². The molecule has 0 radical (unpaired) electrons. The number of allylic oxidation sites excluding steroid dienone is 4. The molecule has 0 saturated heterocycles. The third kappa shape index (κ3) is 9.71. The van der Waals surface area contributed by atoms with Gasteiger partial charge < -0.3 is 5.73 Å². The topological polar surface area (TPSA) is 64.1 Å². The predicted molar refractivity (Wildman–Crippen MR) is 169 cm³/mol. The van der Waals surface area contributed by atoms with Gasteiger partial charge in [0.2, 0.25) is 0 Å². The zero-order valence-electron chi connectivity index (χ0n) is 23.0. The van der Waals surface area contributed by atoms with E-state index in [1.807, 2.05) is 63.2 Å². The largest absolute Gasteiger partial charge is 0.398 e. The number of aryl methyl sites for hydroxylation is 1. The average Bonchev–Trinajstić information content (AvgIpc) is 3.58. The summed E-state index contributed by atoms with van der Waals surface area (Å²) in [6.07, 6.45) is 11.6. The van der Waals surface area contributed by atoms with Crippen LogP contribution in [0.2, 0.25) is 0 Å². The third-order valence-corrected chi connectivity index (χ3v) is 6.58. The summed E-state index contributed by atoms with van der Waals surface area (Å²) in [7, 11) is 0. The molecular formula is C34H41N3S. The molecular weight excluding hydrogens is 482 g/mol. The molecule has 1 aliphatic rings. The van der Waals surface area contributed by atoms with E-state index in [0.29, 0.717) is 0 Å². The Balaban J connectivity index is 0.000000214. The number of nitrogens with two attached hydrogens (primary N) is 2. The summed E-state index contributed by atoms with van der Waals surface area (Å²) in [4.78, 5) is 1.28. The highest BCUT2D eigenvalue weighted by molar-refractivity contribution is 7.98. The van der Waals surface area contributed by atoms with Gasteiger partial charge in [0.25, 0.3) is 0 Å². The fourth-order valence-corrected chi connectivity index (χ4v) is 4.38. The monoisotopic (exact) mass is 523 g/mol. The number of hydrogen-bond acceptors (Lipinski definition) is 4. The summed E-state index contributed by atoms with van der Waals surface area (Å²) in [6, 6.07) is 35.0. The van der Waals surface area contributed by atoms with Crippen molar-refractivity contribution in [2.24, 2.45) is 5.84 Å². The minimum Gasteiger partial charge on any atom is -0.398 e. The van der Waals surface area contributed by atoms with Gasteiger partial charge >= 0.3 is 0 Å². The molecule has 0 aliphatic heterocycles. The number of nitrogen functional groups attached to an aromatic ring is 1. The summed E-state index contributed by atoms with van der Waals surface area (Å²) in [5, 5.41) is 0. The number of anilines is 1. The second kappa shape index (κ2) is 17.8. The lowest BCUT2D eigenvalue weighted by molar-refractivity contribution is 0.637. The molecule has 0 heterocycles. The number of nitrogens with one attached hydrogen (secondary N) is 1. The van der Waals surface area contributed by atoms with Crippen LogP contribution in [0.25, 0.3) is 11.1 Å². The molecule has 5 rings (SSSR count). The van der Waals surface area contributed by atoms with Crippen LogP contribution in [0.3, 0.4) is 0 Å². The Hall–Kier alpha value is -3.57. The number of benzene rings is 4. The molecule has 0 amide bonds. The standard InChI is InChI=1S/C14H15NS.C13H14N2.C5H6.C2H6/c1-10-7-8-11(9-13(10)15)12-5-3-4-6-14(12)16-2;14-15-13(11-7-3-1-4-8-11)12-9-5-2-6-10-12;1-2-4-5-3-1;1-2/h3-9H,15H2,1-2H3;1-10,13,15H,14H2;1-4H,5H2;1-2H3. The van der Waals surface area contributed by atoms with Gasteiger partial charge in [-0.25, -0.2) is 5.43 Å². The Morgan fingerprint density at radius 3 is 1.71 bits per heavy atom. The molecule has 4 aromatic rings. The fourth-order valence-electron chi connectivity index (χ4n) is 3.76. The molecule has 0 spiro atoms. The normalized spacial score (nSPS) is 11.0. The van der Waals surface area contributed by atoms with E-state index in [1.165, 1.54) is 27.1 Å². The lowest BCUT2D eigenvalue weighted by Gasteiger charge is -2.16. The van der Waals surface area contributed by atoms with Crippen LogP contribution >= 0.6 is 11.8 Å². The summed E-state index contributed by atoms with van der Waals surface area (Å²) in [6.45, 7) is 6.03. The van der Waals surface area contributed by atoms with E-state index in [1.54, 1.807) is 11.8 Å². The van der Waals surface area contributed by atoms with Crippen molar-refractivity contribution in [1.82, 2.24) is 5.43 Å². The summed E-state index contributed by atoms with van der Waals surface area (Å²) >= 11 is 1.76. The first-order chi connectivity index (χ1) is 18.6. The van der Waals surface area contributed by atoms with Crippen molar-refractivity contribution in [3.63, 3.8) is 0 Å². The van der Waals surface area contributed by atoms with Crippen LogP contribution in [0.1, 0.15) is 43.0 Å². The van der Waals surface area contributed by atoms with E-state index in [2.05, 4.69) is 96.6 Å². The van der Waals surface area contributed by atoms with Crippen molar-refractivity contribution in [2.75, 3.05) is 12.0 Å². The molecule has 1 aliphatic carbocycles. The average molecular weight is 524 g/mol. The molecule has 0 saturated carbocycles. The second-order valence-corrected chi connectivity index (χ2v) is 9.13.